The molecule has 0 amide bonds. The summed E-state index contributed by atoms with van der Waals surface area (Å²) in [6, 6.07) is 60.6. The first-order valence-corrected chi connectivity index (χ1v) is 17.0. The fourth-order valence-electron chi connectivity index (χ4n) is 8.12. The molecule has 232 valence electrons. The van der Waals surface area contributed by atoms with Crippen molar-refractivity contribution in [3.63, 3.8) is 0 Å². The SMILES string of the molecule is c1ccc(-n2c3ccccc3c3cc(-c4nc(-n5c6ccc7ccccc7c6c6c7ccccc7ccc65)nc5ccccc45)ccc32)cc1. The van der Waals surface area contributed by atoms with Crippen molar-refractivity contribution in [2.45, 2.75) is 0 Å². The van der Waals surface area contributed by atoms with Crippen LogP contribution in [0.2, 0.25) is 0 Å². The van der Waals surface area contributed by atoms with E-state index in [1.54, 1.807) is 0 Å². The van der Waals surface area contributed by atoms with Crippen LogP contribution in [0.15, 0.2) is 170 Å². The van der Waals surface area contributed by atoms with Crippen molar-refractivity contribution in [2.24, 2.45) is 0 Å². The van der Waals surface area contributed by atoms with Crippen LogP contribution in [0.3, 0.4) is 0 Å². The summed E-state index contributed by atoms with van der Waals surface area (Å²) < 4.78 is 4.62. The Bertz CT molecular complexity index is 3060. The molecule has 0 spiro atoms. The monoisotopic (exact) mass is 636 g/mol. The van der Waals surface area contributed by atoms with Crippen molar-refractivity contribution >= 4 is 76.1 Å². The van der Waals surface area contributed by atoms with Crippen molar-refractivity contribution < 1.29 is 0 Å². The van der Waals surface area contributed by atoms with Gasteiger partial charge in [0.2, 0.25) is 5.95 Å². The van der Waals surface area contributed by atoms with E-state index in [1.165, 1.54) is 54.1 Å². The van der Waals surface area contributed by atoms with Crippen LogP contribution in [0.4, 0.5) is 0 Å². The Morgan fingerprint density at radius 1 is 0.360 bits per heavy atom. The zero-order chi connectivity index (χ0) is 32.8. The zero-order valence-corrected chi connectivity index (χ0v) is 27.0. The first kappa shape index (κ1) is 27.2. The van der Waals surface area contributed by atoms with Gasteiger partial charge in [0, 0.05) is 38.2 Å². The second-order valence-corrected chi connectivity index (χ2v) is 13.0. The molecule has 0 aliphatic heterocycles. The van der Waals surface area contributed by atoms with Gasteiger partial charge in [-0.1, -0.05) is 121 Å². The highest BCUT2D eigenvalue weighted by molar-refractivity contribution is 6.28. The summed E-state index contributed by atoms with van der Waals surface area (Å²) in [6.45, 7) is 0. The summed E-state index contributed by atoms with van der Waals surface area (Å²) in [4.78, 5) is 10.7. The molecule has 0 aliphatic carbocycles. The van der Waals surface area contributed by atoms with Gasteiger partial charge in [0.15, 0.2) is 0 Å². The molecule has 8 aromatic carbocycles. The van der Waals surface area contributed by atoms with E-state index in [-0.39, 0.29) is 0 Å². The lowest BCUT2D eigenvalue weighted by atomic mass is 10.00. The number of fused-ring (bicyclic) bond motifs is 11. The van der Waals surface area contributed by atoms with Gasteiger partial charge in [0.25, 0.3) is 0 Å². The Kier molecular flexibility index (Phi) is 5.63. The standard InChI is InChI=1S/C46H28N4/c1-2-14-32(15-3-1)49-39-21-11-9-18-35(39)37-28-31(24-25-40(37)49)45-36-19-8-10-20-38(36)47-46(48-45)50-41-26-22-29-12-4-6-16-33(29)43(41)44-34-17-7-5-13-30(34)23-27-42(44)50/h1-28H. The van der Waals surface area contributed by atoms with E-state index in [0.717, 1.165) is 38.9 Å². The molecule has 0 saturated carbocycles. The van der Waals surface area contributed by atoms with Crippen LogP contribution >= 0.6 is 0 Å². The predicted octanol–water partition coefficient (Wildman–Crippen LogP) is 11.8. The molecule has 0 atom stereocenters. The molecule has 0 unspecified atom stereocenters. The first-order valence-electron chi connectivity index (χ1n) is 17.0. The average Bonchev–Trinajstić information content (AvgIpc) is 3.71. The highest BCUT2D eigenvalue weighted by atomic mass is 15.2. The van der Waals surface area contributed by atoms with Gasteiger partial charge in [-0.2, -0.15) is 0 Å². The van der Waals surface area contributed by atoms with Gasteiger partial charge in [0.1, 0.15) is 0 Å². The maximum absolute atomic E-state index is 5.47. The van der Waals surface area contributed by atoms with Gasteiger partial charge in [-0.15, -0.1) is 0 Å². The third-order valence-corrected chi connectivity index (χ3v) is 10.3. The molecule has 50 heavy (non-hydrogen) atoms. The molecule has 0 aliphatic rings. The van der Waals surface area contributed by atoms with E-state index in [9.17, 15) is 0 Å². The highest BCUT2D eigenvalue weighted by Crippen LogP contribution is 2.41. The Balaban J connectivity index is 1.23. The molecule has 11 rings (SSSR count). The summed E-state index contributed by atoms with van der Waals surface area (Å²) in [6.07, 6.45) is 0. The Labute approximate surface area is 287 Å². The summed E-state index contributed by atoms with van der Waals surface area (Å²) in [5, 5.41) is 10.8. The molecular weight excluding hydrogens is 609 g/mol. The van der Waals surface area contributed by atoms with Crippen molar-refractivity contribution in [3.8, 4) is 22.9 Å². The summed E-state index contributed by atoms with van der Waals surface area (Å²) in [5.41, 5.74) is 8.58. The van der Waals surface area contributed by atoms with Gasteiger partial charge >= 0.3 is 0 Å². The maximum atomic E-state index is 5.47. The molecular formula is C46H28N4. The lowest BCUT2D eigenvalue weighted by Gasteiger charge is -2.12. The van der Waals surface area contributed by atoms with E-state index in [2.05, 4.69) is 179 Å². The van der Waals surface area contributed by atoms with Crippen LogP contribution in [-0.4, -0.2) is 19.1 Å². The van der Waals surface area contributed by atoms with Crippen LogP contribution in [0.1, 0.15) is 0 Å². The Hall–Kier alpha value is -6.78. The third kappa shape index (κ3) is 3.81. The second kappa shape index (κ2) is 10.4. The minimum absolute atomic E-state index is 0.663. The summed E-state index contributed by atoms with van der Waals surface area (Å²) in [5.74, 6) is 0.663. The molecule has 3 heterocycles. The lowest BCUT2D eigenvalue weighted by Crippen LogP contribution is -2.03. The lowest BCUT2D eigenvalue weighted by molar-refractivity contribution is 1.01. The number of rotatable bonds is 3. The summed E-state index contributed by atoms with van der Waals surface area (Å²) in [7, 11) is 0. The predicted molar refractivity (Wildman–Crippen MR) is 209 cm³/mol. The van der Waals surface area contributed by atoms with Crippen LogP contribution in [0.25, 0.3) is 99.0 Å². The fraction of sp³-hybridized carbons (Fsp3) is 0. The van der Waals surface area contributed by atoms with Gasteiger partial charge < -0.3 is 4.57 Å². The zero-order valence-electron chi connectivity index (χ0n) is 27.0. The van der Waals surface area contributed by atoms with Gasteiger partial charge in [-0.3, -0.25) is 4.57 Å². The van der Waals surface area contributed by atoms with Crippen molar-refractivity contribution in [2.75, 3.05) is 0 Å². The van der Waals surface area contributed by atoms with E-state index in [1.807, 2.05) is 0 Å². The molecule has 0 bridgehead atoms. The van der Waals surface area contributed by atoms with Crippen LogP contribution < -0.4 is 0 Å². The smallest absolute Gasteiger partial charge is 0.235 e. The molecule has 0 radical (unpaired) electrons. The van der Waals surface area contributed by atoms with Gasteiger partial charge in [-0.25, -0.2) is 9.97 Å². The van der Waals surface area contributed by atoms with E-state index < -0.39 is 0 Å². The van der Waals surface area contributed by atoms with Gasteiger partial charge in [0.05, 0.1) is 33.3 Å². The van der Waals surface area contributed by atoms with Crippen molar-refractivity contribution in [1.82, 2.24) is 19.1 Å². The molecule has 11 aromatic rings. The van der Waals surface area contributed by atoms with Crippen molar-refractivity contribution in [3.05, 3.63) is 170 Å². The minimum Gasteiger partial charge on any atom is -0.309 e. The van der Waals surface area contributed by atoms with Crippen LogP contribution in [0, 0.1) is 0 Å². The number of benzene rings is 8. The van der Waals surface area contributed by atoms with Crippen molar-refractivity contribution in [1.29, 1.82) is 0 Å². The Morgan fingerprint density at radius 3 is 1.64 bits per heavy atom. The highest BCUT2D eigenvalue weighted by Gasteiger charge is 2.21. The normalized spacial score (nSPS) is 12.0. The maximum Gasteiger partial charge on any atom is 0.235 e. The van der Waals surface area contributed by atoms with Gasteiger partial charge in [-0.05, 0) is 70.1 Å². The number of hydrogen-bond acceptors (Lipinski definition) is 2. The largest absolute Gasteiger partial charge is 0.309 e. The molecule has 4 heteroatoms. The van der Waals surface area contributed by atoms with E-state index in [4.69, 9.17) is 9.97 Å². The van der Waals surface area contributed by atoms with Crippen LogP contribution in [-0.2, 0) is 0 Å². The number of hydrogen-bond donors (Lipinski definition) is 0. The minimum atomic E-state index is 0.663. The van der Waals surface area contributed by atoms with Crippen LogP contribution in [0.5, 0.6) is 0 Å². The molecule has 0 fully saturated rings. The van der Waals surface area contributed by atoms with E-state index in [0.29, 0.717) is 5.95 Å². The second-order valence-electron chi connectivity index (χ2n) is 13.0. The number of aromatic nitrogens is 4. The average molecular weight is 637 g/mol. The number of para-hydroxylation sites is 3. The molecule has 4 nitrogen and oxygen atoms in total. The molecule has 3 aromatic heterocycles. The quantitative estimate of drug-likeness (QED) is 0.193. The molecule has 0 saturated heterocycles. The summed E-state index contributed by atoms with van der Waals surface area (Å²) >= 11 is 0. The Morgan fingerprint density at radius 2 is 0.920 bits per heavy atom. The fourth-order valence-corrected chi connectivity index (χ4v) is 8.12. The third-order valence-electron chi connectivity index (χ3n) is 10.3. The number of nitrogens with zero attached hydrogens (tertiary/aromatic N) is 4. The van der Waals surface area contributed by atoms with E-state index >= 15 is 0 Å². The first-order chi connectivity index (χ1) is 24.8. The topological polar surface area (TPSA) is 35.6 Å². The molecule has 0 N–H and O–H groups in total.